The number of aromatic nitrogens is 4. The fourth-order valence-corrected chi connectivity index (χ4v) is 4.42. The van der Waals surface area contributed by atoms with E-state index in [4.69, 9.17) is 30.5 Å². The molecule has 1 fully saturated rings. The second-order valence-electron chi connectivity index (χ2n) is 9.06. The van der Waals surface area contributed by atoms with E-state index in [0.717, 1.165) is 31.2 Å². The quantitative estimate of drug-likeness (QED) is 0.310. The number of hydrogen-bond donors (Lipinski definition) is 0. The summed E-state index contributed by atoms with van der Waals surface area (Å²) >= 11 is 6.06. The van der Waals surface area contributed by atoms with Gasteiger partial charge in [-0.1, -0.05) is 30.7 Å². The highest BCUT2D eigenvalue weighted by molar-refractivity contribution is 6.30. The van der Waals surface area contributed by atoms with E-state index < -0.39 is 11.2 Å². The number of hydrogen-bond acceptors (Lipinski definition) is 7. The monoisotopic (exact) mass is 534 g/mol. The summed E-state index contributed by atoms with van der Waals surface area (Å²) in [5.74, 6) is 0. The Bertz CT molecular complexity index is 1280. The highest BCUT2D eigenvalue weighted by Crippen LogP contribution is 2.21. The first kappa shape index (κ1) is 27.4. The molecule has 37 heavy (non-hydrogen) atoms. The van der Waals surface area contributed by atoms with Crippen molar-refractivity contribution in [1.82, 2.24) is 18.7 Å². The number of imidazole rings is 1. The number of rotatable bonds is 13. The summed E-state index contributed by atoms with van der Waals surface area (Å²) in [6, 6.07) is 7.60. The Balaban J connectivity index is 1.61. The van der Waals surface area contributed by atoms with E-state index in [9.17, 15) is 9.59 Å². The summed E-state index contributed by atoms with van der Waals surface area (Å²) in [6.07, 6.45) is 4.20. The van der Waals surface area contributed by atoms with Gasteiger partial charge in [-0.2, -0.15) is 4.98 Å². The van der Waals surface area contributed by atoms with Crippen molar-refractivity contribution in [3.05, 3.63) is 55.7 Å². The molecule has 1 aliphatic heterocycles. The third-order valence-electron chi connectivity index (χ3n) is 6.23. The lowest BCUT2D eigenvalue weighted by Gasteiger charge is -2.22. The smallest absolute Gasteiger partial charge is 0.332 e. The molecule has 1 unspecified atom stereocenters. The summed E-state index contributed by atoms with van der Waals surface area (Å²) in [5.41, 5.74) is 0.650. The third kappa shape index (κ3) is 6.81. The molecule has 3 aromatic rings. The maximum atomic E-state index is 13.6. The molecule has 1 atom stereocenters. The predicted octanol–water partition coefficient (Wildman–Crippen LogP) is 3.34. The zero-order valence-electron chi connectivity index (χ0n) is 21.5. The van der Waals surface area contributed by atoms with Gasteiger partial charge in [-0.3, -0.25) is 18.5 Å². The number of aryl methyl sites for hydroxylation is 1. The Labute approximate surface area is 220 Å². The molecular weight excluding hydrogens is 500 g/mol. The van der Waals surface area contributed by atoms with Crippen LogP contribution in [0.2, 0.25) is 5.02 Å². The van der Waals surface area contributed by atoms with Crippen LogP contribution in [0.5, 0.6) is 6.01 Å². The van der Waals surface area contributed by atoms with Gasteiger partial charge in [0.25, 0.3) is 11.6 Å². The van der Waals surface area contributed by atoms with Gasteiger partial charge >= 0.3 is 5.69 Å². The van der Waals surface area contributed by atoms with Gasteiger partial charge < -0.3 is 18.9 Å². The molecule has 0 aliphatic carbocycles. The van der Waals surface area contributed by atoms with Crippen LogP contribution in [0.25, 0.3) is 11.2 Å². The molecule has 0 bridgehead atoms. The van der Waals surface area contributed by atoms with Gasteiger partial charge in [0.05, 0.1) is 19.8 Å². The Morgan fingerprint density at radius 1 is 1.08 bits per heavy atom. The molecule has 11 heteroatoms. The molecule has 0 N–H and O–H groups in total. The minimum absolute atomic E-state index is 0.211. The molecule has 0 saturated carbocycles. The Kier molecular flexibility index (Phi) is 9.79. The van der Waals surface area contributed by atoms with Crippen LogP contribution in [0.1, 0.15) is 44.6 Å². The zero-order valence-corrected chi connectivity index (χ0v) is 22.2. The van der Waals surface area contributed by atoms with Crippen LogP contribution < -0.4 is 16.0 Å². The lowest BCUT2D eigenvalue weighted by molar-refractivity contribution is -0.163. The van der Waals surface area contributed by atoms with Crippen molar-refractivity contribution in [3.63, 3.8) is 0 Å². The second kappa shape index (κ2) is 13.2. The van der Waals surface area contributed by atoms with E-state index in [-0.39, 0.29) is 31.1 Å². The van der Waals surface area contributed by atoms with Gasteiger partial charge in [0.1, 0.15) is 6.61 Å². The Morgan fingerprint density at radius 2 is 1.89 bits per heavy atom. The topological polar surface area (TPSA) is 98.7 Å². The van der Waals surface area contributed by atoms with Crippen LogP contribution in [-0.4, -0.2) is 58.0 Å². The van der Waals surface area contributed by atoms with Gasteiger partial charge in [-0.25, -0.2) is 4.79 Å². The lowest BCUT2D eigenvalue weighted by atomic mass is 10.2. The first-order valence-electron chi connectivity index (χ1n) is 12.9. The summed E-state index contributed by atoms with van der Waals surface area (Å²) in [4.78, 5) is 31.2. The molecule has 1 saturated heterocycles. The molecule has 0 radical (unpaired) electrons. The first-order chi connectivity index (χ1) is 18.0. The van der Waals surface area contributed by atoms with E-state index in [1.54, 1.807) is 23.7 Å². The molecule has 3 heterocycles. The molecule has 1 aromatic carbocycles. The van der Waals surface area contributed by atoms with E-state index in [2.05, 4.69) is 4.98 Å². The normalized spacial score (nSPS) is 15.9. The average molecular weight is 535 g/mol. The van der Waals surface area contributed by atoms with Crippen LogP contribution in [0.15, 0.2) is 33.9 Å². The van der Waals surface area contributed by atoms with E-state index in [0.29, 0.717) is 49.9 Å². The Hall–Kier alpha value is -2.66. The van der Waals surface area contributed by atoms with Crippen molar-refractivity contribution in [3.8, 4) is 6.01 Å². The maximum Gasteiger partial charge on any atom is 0.332 e. The van der Waals surface area contributed by atoms with Crippen molar-refractivity contribution in [2.75, 3.05) is 33.0 Å². The average Bonchev–Trinajstić information content (AvgIpc) is 3.27. The minimum atomic E-state index is -0.430. The van der Waals surface area contributed by atoms with Gasteiger partial charge in [-0.15, -0.1) is 0 Å². The molecule has 202 valence electrons. The number of nitrogens with zero attached hydrogens (tertiary/aromatic N) is 4. The number of halogens is 1. The van der Waals surface area contributed by atoms with Crippen LogP contribution in [0.4, 0.5) is 0 Å². The summed E-state index contributed by atoms with van der Waals surface area (Å²) < 4.78 is 27.2. The fourth-order valence-electron chi connectivity index (χ4n) is 4.30. The molecule has 0 spiro atoms. The number of fused-ring (bicyclic) bond motifs is 1. The molecular formula is C26H35ClN4O6. The standard InChI is InChI=1S/C26H35ClN4O6/c1-3-13-34-16-17-37-25-28-23-22(31(25)18-19-8-10-20(27)11-9-19)24(32)30(26(33)29(23)2)12-6-15-36-21-7-4-5-14-35-21/h8-11,21H,3-7,12-18H2,1-2H3. The maximum absolute atomic E-state index is 13.6. The summed E-state index contributed by atoms with van der Waals surface area (Å²) in [5, 5.41) is 0.620. The van der Waals surface area contributed by atoms with Crippen LogP contribution in [0.3, 0.4) is 0 Å². The summed E-state index contributed by atoms with van der Waals surface area (Å²) in [6.45, 7) is 4.99. The number of benzene rings is 1. The van der Waals surface area contributed by atoms with E-state index in [1.807, 2.05) is 19.1 Å². The van der Waals surface area contributed by atoms with Crippen molar-refractivity contribution in [2.24, 2.45) is 7.05 Å². The molecule has 2 aromatic heterocycles. The SMILES string of the molecule is CCCOCCOc1nc2c(c(=O)n(CCCOC3CCCCO3)c(=O)n2C)n1Cc1ccc(Cl)cc1. The van der Waals surface area contributed by atoms with Crippen LogP contribution >= 0.6 is 11.6 Å². The van der Waals surface area contributed by atoms with E-state index >= 15 is 0 Å². The highest BCUT2D eigenvalue weighted by Gasteiger charge is 2.22. The van der Waals surface area contributed by atoms with Crippen molar-refractivity contribution in [1.29, 1.82) is 0 Å². The predicted molar refractivity (Wildman–Crippen MR) is 141 cm³/mol. The largest absolute Gasteiger partial charge is 0.462 e. The lowest BCUT2D eigenvalue weighted by Crippen LogP contribution is -2.40. The minimum Gasteiger partial charge on any atom is -0.462 e. The van der Waals surface area contributed by atoms with E-state index in [1.165, 1.54) is 9.13 Å². The van der Waals surface area contributed by atoms with Crippen LogP contribution in [0, 0.1) is 0 Å². The van der Waals surface area contributed by atoms with Crippen molar-refractivity contribution in [2.45, 2.75) is 58.4 Å². The first-order valence-corrected chi connectivity index (χ1v) is 13.3. The molecule has 1 aliphatic rings. The van der Waals surface area contributed by atoms with Gasteiger partial charge in [-0.05, 0) is 49.8 Å². The van der Waals surface area contributed by atoms with Gasteiger partial charge in [0, 0.05) is 31.8 Å². The number of ether oxygens (including phenoxy) is 4. The molecule has 10 nitrogen and oxygen atoms in total. The van der Waals surface area contributed by atoms with Gasteiger partial charge in [0.2, 0.25) is 0 Å². The highest BCUT2D eigenvalue weighted by atomic mass is 35.5. The Morgan fingerprint density at radius 3 is 2.62 bits per heavy atom. The second-order valence-corrected chi connectivity index (χ2v) is 9.50. The summed E-state index contributed by atoms with van der Waals surface area (Å²) in [7, 11) is 1.61. The fraction of sp³-hybridized carbons (Fsp3) is 0.577. The van der Waals surface area contributed by atoms with Crippen molar-refractivity contribution >= 4 is 22.8 Å². The zero-order chi connectivity index (χ0) is 26.2. The third-order valence-corrected chi connectivity index (χ3v) is 6.48. The molecule has 4 rings (SSSR count). The van der Waals surface area contributed by atoms with Gasteiger partial charge in [0.15, 0.2) is 17.5 Å². The van der Waals surface area contributed by atoms with Crippen molar-refractivity contribution < 1.29 is 18.9 Å². The molecule has 0 amide bonds. The van der Waals surface area contributed by atoms with Crippen LogP contribution in [-0.2, 0) is 34.3 Å².